The summed E-state index contributed by atoms with van der Waals surface area (Å²) < 4.78 is 0. The van der Waals surface area contributed by atoms with Crippen LogP contribution in [0.5, 0.6) is 0 Å². The molecular formula is C16H13ClN2O2S. The number of carbonyl (C=O) groups is 2. The molecule has 0 aromatic heterocycles. The number of benzene rings is 2. The standard InChI is InChI=1S/C16H13ClN2O2S/c17-11-2-1-3-12(8-11)18-15(20)7-10-4-5-14-13(6-10)19-16(21)9-22-14/h1-6,8H,7,9H2,(H,18,20)(H,19,21). The lowest BCUT2D eigenvalue weighted by molar-refractivity contribution is -0.115. The number of anilines is 2. The first-order valence-corrected chi connectivity index (χ1v) is 8.07. The van der Waals surface area contributed by atoms with E-state index in [9.17, 15) is 9.59 Å². The minimum absolute atomic E-state index is 0.0157. The van der Waals surface area contributed by atoms with Gasteiger partial charge in [-0.15, -0.1) is 11.8 Å². The quantitative estimate of drug-likeness (QED) is 0.903. The number of hydrogen-bond donors (Lipinski definition) is 2. The molecule has 0 aliphatic carbocycles. The van der Waals surface area contributed by atoms with Gasteiger partial charge < -0.3 is 10.6 Å². The molecule has 0 fully saturated rings. The minimum atomic E-state index is -0.128. The topological polar surface area (TPSA) is 58.2 Å². The zero-order valence-corrected chi connectivity index (χ0v) is 13.1. The third-order valence-electron chi connectivity index (χ3n) is 3.15. The van der Waals surface area contributed by atoms with Crippen LogP contribution in [-0.4, -0.2) is 17.6 Å². The van der Waals surface area contributed by atoms with Crippen LogP contribution in [0.25, 0.3) is 0 Å². The van der Waals surface area contributed by atoms with Gasteiger partial charge >= 0.3 is 0 Å². The average Bonchev–Trinajstić information content (AvgIpc) is 2.46. The maximum atomic E-state index is 12.1. The summed E-state index contributed by atoms with van der Waals surface area (Å²) in [7, 11) is 0. The van der Waals surface area contributed by atoms with Crippen molar-refractivity contribution >= 4 is 46.6 Å². The van der Waals surface area contributed by atoms with Crippen LogP contribution < -0.4 is 10.6 Å². The number of thioether (sulfide) groups is 1. The summed E-state index contributed by atoms with van der Waals surface area (Å²) in [4.78, 5) is 24.5. The smallest absolute Gasteiger partial charge is 0.234 e. The SMILES string of the molecule is O=C(Cc1ccc2c(c1)NC(=O)CS2)Nc1cccc(Cl)c1. The Morgan fingerprint density at radius 1 is 1.27 bits per heavy atom. The van der Waals surface area contributed by atoms with Crippen molar-refractivity contribution in [3.8, 4) is 0 Å². The Kier molecular flexibility index (Phi) is 4.36. The van der Waals surface area contributed by atoms with Crippen molar-refractivity contribution < 1.29 is 9.59 Å². The predicted molar refractivity (Wildman–Crippen MR) is 89.6 cm³/mol. The Morgan fingerprint density at radius 3 is 2.95 bits per heavy atom. The summed E-state index contributed by atoms with van der Waals surface area (Å²) in [6.45, 7) is 0. The lowest BCUT2D eigenvalue weighted by Crippen LogP contribution is -2.19. The third kappa shape index (κ3) is 3.61. The second-order valence-corrected chi connectivity index (χ2v) is 6.36. The molecule has 0 spiro atoms. The van der Waals surface area contributed by atoms with Crippen molar-refractivity contribution in [3.63, 3.8) is 0 Å². The van der Waals surface area contributed by atoms with E-state index in [2.05, 4.69) is 10.6 Å². The monoisotopic (exact) mass is 332 g/mol. The lowest BCUT2D eigenvalue weighted by Gasteiger charge is -2.17. The van der Waals surface area contributed by atoms with Crippen LogP contribution in [0.15, 0.2) is 47.4 Å². The van der Waals surface area contributed by atoms with E-state index in [0.717, 1.165) is 16.1 Å². The Labute approximate surface area is 137 Å². The number of nitrogens with one attached hydrogen (secondary N) is 2. The molecule has 22 heavy (non-hydrogen) atoms. The molecule has 2 N–H and O–H groups in total. The first-order valence-electron chi connectivity index (χ1n) is 6.71. The molecule has 3 rings (SSSR count). The molecule has 0 radical (unpaired) electrons. The molecular weight excluding hydrogens is 320 g/mol. The molecule has 1 aliphatic rings. The van der Waals surface area contributed by atoms with Crippen LogP contribution in [-0.2, 0) is 16.0 Å². The molecule has 6 heteroatoms. The summed E-state index contributed by atoms with van der Waals surface area (Å²) in [6, 6.07) is 12.7. The van der Waals surface area contributed by atoms with Crippen LogP contribution in [0, 0.1) is 0 Å². The van der Waals surface area contributed by atoms with Crippen molar-refractivity contribution in [3.05, 3.63) is 53.1 Å². The fraction of sp³-hybridized carbons (Fsp3) is 0.125. The number of amides is 2. The average molecular weight is 333 g/mol. The molecule has 0 unspecified atom stereocenters. The third-order valence-corrected chi connectivity index (χ3v) is 4.46. The van der Waals surface area contributed by atoms with Gasteiger partial charge in [-0.3, -0.25) is 9.59 Å². The van der Waals surface area contributed by atoms with E-state index in [-0.39, 0.29) is 18.2 Å². The molecule has 0 bridgehead atoms. The summed E-state index contributed by atoms with van der Waals surface area (Å²) in [6.07, 6.45) is 0.236. The van der Waals surface area contributed by atoms with Gasteiger partial charge in [-0.05, 0) is 35.9 Å². The van der Waals surface area contributed by atoms with Gasteiger partial charge in [0.2, 0.25) is 11.8 Å². The molecule has 4 nitrogen and oxygen atoms in total. The van der Waals surface area contributed by atoms with Crippen molar-refractivity contribution in [2.45, 2.75) is 11.3 Å². The Balaban J connectivity index is 1.69. The van der Waals surface area contributed by atoms with Gasteiger partial charge in [0.05, 0.1) is 17.9 Å². The van der Waals surface area contributed by atoms with Gasteiger partial charge in [0.25, 0.3) is 0 Å². The summed E-state index contributed by atoms with van der Waals surface area (Å²) >= 11 is 7.39. The number of fused-ring (bicyclic) bond motifs is 1. The highest BCUT2D eigenvalue weighted by Gasteiger charge is 2.16. The largest absolute Gasteiger partial charge is 0.326 e. The summed E-state index contributed by atoms with van der Waals surface area (Å²) in [5, 5.41) is 6.20. The zero-order chi connectivity index (χ0) is 15.5. The summed E-state index contributed by atoms with van der Waals surface area (Å²) in [5.41, 5.74) is 2.29. The zero-order valence-electron chi connectivity index (χ0n) is 11.6. The molecule has 0 saturated heterocycles. The maximum absolute atomic E-state index is 12.1. The molecule has 2 aromatic rings. The Morgan fingerprint density at radius 2 is 2.14 bits per heavy atom. The van der Waals surface area contributed by atoms with E-state index in [1.54, 1.807) is 24.3 Å². The van der Waals surface area contributed by atoms with Crippen LogP contribution in [0.1, 0.15) is 5.56 Å². The maximum Gasteiger partial charge on any atom is 0.234 e. The predicted octanol–water partition coefficient (Wildman–Crippen LogP) is 3.57. The molecule has 2 aromatic carbocycles. The highest BCUT2D eigenvalue weighted by Crippen LogP contribution is 2.32. The molecule has 2 amide bonds. The molecule has 0 atom stereocenters. The van der Waals surface area contributed by atoms with E-state index >= 15 is 0 Å². The van der Waals surface area contributed by atoms with E-state index in [1.165, 1.54) is 11.8 Å². The van der Waals surface area contributed by atoms with Crippen LogP contribution in [0.3, 0.4) is 0 Å². The van der Waals surface area contributed by atoms with Crippen molar-refractivity contribution in [2.24, 2.45) is 0 Å². The van der Waals surface area contributed by atoms with Crippen LogP contribution in [0.4, 0.5) is 11.4 Å². The molecule has 112 valence electrons. The fourth-order valence-corrected chi connectivity index (χ4v) is 3.18. The van der Waals surface area contributed by atoms with E-state index in [1.807, 2.05) is 18.2 Å². The van der Waals surface area contributed by atoms with E-state index in [0.29, 0.717) is 16.5 Å². The van der Waals surface area contributed by atoms with Gasteiger partial charge in [0, 0.05) is 15.6 Å². The second kappa shape index (κ2) is 6.42. The highest BCUT2D eigenvalue weighted by atomic mass is 35.5. The van der Waals surface area contributed by atoms with Gasteiger partial charge in [-0.2, -0.15) is 0 Å². The molecule has 1 heterocycles. The highest BCUT2D eigenvalue weighted by molar-refractivity contribution is 8.00. The molecule has 1 aliphatic heterocycles. The summed E-state index contributed by atoms with van der Waals surface area (Å²) in [5.74, 6) is 0.289. The van der Waals surface area contributed by atoms with E-state index in [4.69, 9.17) is 11.6 Å². The van der Waals surface area contributed by atoms with Crippen molar-refractivity contribution in [1.29, 1.82) is 0 Å². The Bertz CT molecular complexity index is 749. The van der Waals surface area contributed by atoms with Gasteiger partial charge in [0.1, 0.15) is 0 Å². The minimum Gasteiger partial charge on any atom is -0.326 e. The fourth-order valence-electron chi connectivity index (χ4n) is 2.20. The first-order chi connectivity index (χ1) is 10.6. The van der Waals surface area contributed by atoms with Crippen molar-refractivity contribution in [1.82, 2.24) is 0 Å². The van der Waals surface area contributed by atoms with Crippen LogP contribution in [0.2, 0.25) is 5.02 Å². The van der Waals surface area contributed by atoms with Gasteiger partial charge in [-0.25, -0.2) is 0 Å². The van der Waals surface area contributed by atoms with Gasteiger partial charge in [0.15, 0.2) is 0 Å². The molecule has 0 saturated carbocycles. The van der Waals surface area contributed by atoms with Crippen LogP contribution >= 0.6 is 23.4 Å². The number of rotatable bonds is 3. The lowest BCUT2D eigenvalue weighted by atomic mass is 10.1. The number of hydrogen-bond acceptors (Lipinski definition) is 3. The normalized spacial score (nSPS) is 13.2. The second-order valence-electron chi connectivity index (χ2n) is 4.90. The van der Waals surface area contributed by atoms with Crippen molar-refractivity contribution in [2.75, 3.05) is 16.4 Å². The Hall–Kier alpha value is -1.98. The van der Waals surface area contributed by atoms with E-state index < -0.39 is 0 Å². The van der Waals surface area contributed by atoms with Gasteiger partial charge in [-0.1, -0.05) is 23.7 Å². The number of carbonyl (C=O) groups excluding carboxylic acids is 2. The number of halogens is 1. The first kappa shape index (κ1) is 14.9.